The van der Waals surface area contributed by atoms with Gasteiger partial charge >= 0.3 is 19.8 Å². The van der Waals surface area contributed by atoms with E-state index in [1.165, 1.54) is 238 Å². The van der Waals surface area contributed by atoms with Gasteiger partial charge in [-0.2, -0.15) is 0 Å². The van der Waals surface area contributed by atoms with Crippen LogP contribution in [0.3, 0.4) is 0 Å². The fraction of sp³-hybridized carbons (Fsp3) is 0.762. The number of phosphoric ester groups is 1. The Morgan fingerprint density at radius 3 is 0.851 bits per heavy atom. The zero-order valence-corrected chi connectivity index (χ0v) is 63.1. The zero-order valence-electron chi connectivity index (χ0n) is 62.2. The molecule has 10 heteroatoms. The molecule has 0 rings (SSSR count). The van der Waals surface area contributed by atoms with Crippen molar-refractivity contribution in [2.75, 3.05) is 47.5 Å². The van der Waals surface area contributed by atoms with Gasteiger partial charge in [0.1, 0.15) is 19.8 Å². The summed E-state index contributed by atoms with van der Waals surface area (Å²) in [5, 5.41) is 0. The van der Waals surface area contributed by atoms with E-state index in [1.807, 2.05) is 21.1 Å². The number of allylic oxidation sites excluding steroid dienone is 18. The van der Waals surface area contributed by atoms with Crippen LogP contribution in [0.25, 0.3) is 0 Å². The van der Waals surface area contributed by atoms with Crippen LogP contribution in [0.4, 0.5) is 0 Å². The molecule has 0 aliphatic rings. The third-order valence-electron chi connectivity index (χ3n) is 17.3. The summed E-state index contributed by atoms with van der Waals surface area (Å²) in [6, 6.07) is 0. The molecule has 544 valence electrons. The van der Waals surface area contributed by atoms with Crippen molar-refractivity contribution in [1.82, 2.24) is 0 Å². The highest BCUT2D eigenvalue weighted by Crippen LogP contribution is 2.43. The summed E-state index contributed by atoms with van der Waals surface area (Å²) in [4.78, 5) is 36.0. The van der Waals surface area contributed by atoms with Crippen molar-refractivity contribution in [1.29, 1.82) is 0 Å². The molecule has 0 amide bonds. The second-order valence-electron chi connectivity index (χ2n) is 27.7. The van der Waals surface area contributed by atoms with E-state index in [0.29, 0.717) is 17.4 Å². The lowest BCUT2D eigenvalue weighted by Crippen LogP contribution is -2.37. The third-order valence-corrected chi connectivity index (χ3v) is 18.3. The van der Waals surface area contributed by atoms with Crippen LogP contribution in [0.2, 0.25) is 0 Å². The van der Waals surface area contributed by atoms with Crippen molar-refractivity contribution in [3.63, 3.8) is 0 Å². The molecule has 0 saturated heterocycles. The molecule has 1 N–H and O–H groups in total. The minimum Gasteiger partial charge on any atom is -0.462 e. The summed E-state index contributed by atoms with van der Waals surface area (Å²) in [6.45, 7) is 4.26. The predicted octanol–water partition coefficient (Wildman–Crippen LogP) is 26.4. The number of unbranched alkanes of at least 4 members (excludes halogenated alkanes) is 41. The first-order valence-corrected chi connectivity index (χ1v) is 41.1. The second-order valence-corrected chi connectivity index (χ2v) is 29.1. The van der Waals surface area contributed by atoms with Gasteiger partial charge in [-0.25, -0.2) is 4.57 Å². The molecular weight excluding hydrogens is 1180 g/mol. The highest BCUT2D eigenvalue weighted by Gasteiger charge is 2.27. The number of hydrogen-bond donors (Lipinski definition) is 1. The Morgan fingerprint density at radius 2 is 0.574 bits per heavy atom. The third kappa shape index (κ3) is 77.7. The van der Waals surface area contributed by atoms with Crippen molar-refractivity contribution < 1.29 is 42.1 Å². The molecule has 2 atom stereocenters. The molecule has 0 aliphatic carbocycles. The molecule has 0 aliphatic heterocycles. The Morgan fingerprint density at radius 1 is 0.330 bits per heavy atom. The number of quaternary nitrogens is 1. The van der Waals surface area contributed by atoms with E-state index in [0.717, 1.165) is 89.9 Å². The molecule has 0 spiro atoms. The Labute approximate surface area is 582 Å². The average molecular weight is 1330 g/mol. The van der Waals surface area contributed by atoms with Crippen LogP contribution in [0.5, 0.6) is 0 Å². The summed E-state index contributed by atoms with van der Waals surface area (Å²) >= 11 is 0. The van der Waals surface area contributed by atoms with Crippen LogP contribution in [0, 0.1) is 0 Å². The number of rotatable bonds is 73. The van der Waals surface area contributed by atoms with Crippen LogP contribution in [0.1, 0.15) is 361 Å². The van der Waals surface area contributed by atoms with Crippen LogP contribution >= 0.6 is 7.82 Å². The van der Waals surface area contributed by atoms with Crippen LogP contribution in [-0.4, -0.2) is 74.9 Å². The van der Waals surface area contributed by atoms with Gasteiger partial charge in [-0.3, -0.25) is 18.6 Å². The summed E-state index contributed by atoms with van der Waals surface area (Å²) in [5.74, 6) is -0.781. The van der Waals surface area contributed by atoms with Gasteiger partial charge in [-0.1, -0.05) is 361 Å². The van der Waals surface area contributed by atoms with E-state index in [1.54, 1.807) is 0 Å². The Hall–Kier alpha value is -3.33. The number of nitrogens with zero attached hydrogens (tertiary/aromatic N) is 1. The van der Waals surface area contributed by atoms with E-state index in [4.69, 9.17) is 18.5 Å². The topological polar surface area (TPSA) is 108 Å². The maximum atomic E-state index is 12.9. The van der Waals surface area contributed by atoms with E-state index < -0.39 is 26.5 Å². The maximum absolute atomic E-state index is 12.9. The van der Waals surface area contributed by atoms with Gasteiger partial charge in [0.25, 0.3) is 0 Å². The lowest BCUT2D eigenvalue weighted by atomic mass is 10.0. The van der Waals surface area contributed by atoms with Gasteiger partial charge in [-0.05, 0) is 96.3 Å². The molecule has 2 unspecified atom stereocenters. The molecule has 0 fully saturated rings. The van der Waals surface area contributed by atoms with E-state index in [-0.39, 0.29) is 32.0 Å². The molecule has 9 nitrogen and oxygen atoms in total. The Bertz CT molecular complexity index is 1960. The maximum Gasteiger partial charge on any atom is 0.472 e. The average Bonchev–Trinajstić information content (AvgIpc) is 1.56. The van der Waals surface area contributed by atoms with E-state index >= 15 is 0 Å². The molecule has 0 bridgehead atoms. The molecule has 0 aromatic heterocycles. The fourth-order valence-electron chi connectivity index (χ4n) is 11.3. The zero-order chi connectivity index (χ0) is 68.3. The highest BCUT2D eigenvalue weighted by atomic mass is 31.2. The molecule has 94 heavy (non-hydrogen) atoms. The fourth-order valence-corrected chi connectivity index (χ4v) is 12.1. The number of carbonyl (C=O) groups excluding carboxylic acids is 2. The minimum absolute atomic E-state index is 0.0314. The number of carbonyl (C=O) groups is 2. The van der Waals surface area contributed by atoms with Gasteiger partial charge in [0.05, 0.1) is 27.7 Å². The molecule has 0 saturated carbocycles. The SMILES string of the molecule is CC/C=C\C/C=C\C/C=C\C/C=C\C/C=C\CCCCCCCCCCCCCCCCCCCCCCCCCC(=O)OC(COC(=O)CCCCCCCCCCCCCCCCCCCC/C=C\C/C=C\C/C=C\C/C=C\CC)COP(=O)(O)OCC[N+](C)(C)C. The first-order chi connectivity index (χ1) is 46.0. The molecule has 0 aromatic rings. The largest absolute Gasteiger partial charge is 0.472 e. The molecule has 0 radical (unpaired) electrons. The Balaban J connectivity index is 3.93. The van der Waals surface area contributed by atoms with Crippen molar-refractivity contribution in [2.24, 2.45) is 0 Å². The number of likely N-dealkylation sites (N-methyl/N-ethyl adjacent to an activating group) is 1. The monoisotopic (exact) mass is 1330 g/mol. The van der Waals surface area contributed by atoms with Crippen LogP contribution in [0.15, 0.2) is 109 Å². The van der Waals surface area contributed by atoms with Crippen molar-refractivity contribution in [2.45, 2.75) is 367 Å². The van der Waals surface area contributed by atoms with E-state index in [9.17, 15) is 19.0 Å². The smallest absolute Gasteiger partial charge is 0.462 e. The molecular formula is C84H151NO8P+. The van der Waals surface area contributed by atoms with Crippen molar-refractivity contribution >= 4 is 19.8 Å². The first kappa shape index (κ1) is 90.7. The summed E-state index contributed by atoms with van der Waals surface area (Å²) < 4.78 is 34.8. The first-order valence-electron chi connectivity index (χ1n) is 39.6. The van der Waals surface area contributed by atoms with Crippen molar-refractivity contribution in [3.05, 3.63) is 109 Å². The van der Waals surface area contributed by atoms with Gasteiger partial charge < -0.3 is 18.9 Å². The molecule has 0 heterocycles. The standard InChI is InChI=1S/C84H150NO8P/c1-6-8-10-12-14-16-18-20-22-24-26-28-30-32-34-36-38-39-40-41-42-43-44-45-47-49-51-53-55-57-59-61-63-65-67-69-71-73-75-77-84(87)93-82(81-92-94(88,89)91-79-78-85(3,4)5)80-90-83(86)76-74-72-70-68-66-64-62-60-58-56-54-52-50-48-46-37-35-33-31-29-27-25-23-21-19-17-15-13-11-9-7-2/h8-11,14-17,20-23,26-29,32,34,82H,6-7,12-13,18-19,24-25,30-31,33,35-81H2,1-5H3/p+1/b10-8-,11-9-,16-14-,17-15-,22-20-,23-21-,28-26-,29-27-,34-32-. The lowest BCUT2D eigenvalue weighted by molar-refractivity contribution is -0.870. The summed E-state index contributed by atoms with van der Waals surface area (Å²) in [7, 11) is 1.49. The van der Waals surface area contributed by atoms with Gasteiger partial charge in [0, 0.05) is 12.8 Å². The van der Waals surface area contributed by atoms with Crippen molar-refractivity contribution in [3.8, 4) is 0 Å². The molecule has 0 aromatic carbocycles. The number of hydrogen-bond acceptors (Lipinski definition) is 7. The number of esters is 2. The number of phosphoric acid groups is 1. The Kier molecular flexibility index (Phi) is 71.3. The quantitative estimate of drug-likeness (QED) is 0.0211. The van der Waals surface area contributed by atoms with Crippen LogP contribution in [-0.2, 0) is 32.7 Å². The predicted molar refractivity (Wildman–Crippen MR) is 408 cm³/mol. The van der Waals surface area contributed by atoms with E-state index in [2.05, 4.69) is 123 Å². The van der Waals surface area contributed by atoms with Gasteiger partial charge in [-0.15, -0.1) is 0 Å². The van der Waals surface area contributed by atoms with Crippen LogP contribution < -0.4 is 0 Å². The second kappa shape index (κ2) is 73.9. The highest BCUT2D eigenvalue weighted by molar-refractivity contribution is 7.47. The van der Waals surface area contributed by atoms with Gasteiger partial charge in [0.2, 0.25) is 0 Å². The van der Waals surface area contributed by atoms with Gasteiger partial charge in [0.15, 0.2) is 6.10 Å². The lowest BCUT2D eigenvalue weighted by Gasteiger charge is -2.24. The normalized spacial score (nSPS) is 13.6. The summed E-state index contributed by atoms with van der Waals surface area (Å²) in [5.41, 5.74) is 0. The summed E-state index contributed by atoms with van der Waals surface area (Å²) in [6.07, 6.45) is 105. The number of ether oxygens (including phenoxy) is 2. The minimum atomic E-state index is -4.40.